The molecule has 1 aromatic rings. The van der Waals surface area contributed by atoms with E-state index in [9.17, 15) is 18.0 Å². The second kappa shape index (κ2) is 5.53. The lowest BCUT2D eigenvalue weighted by Gasteiger charge is -2.13. The normalized spacial score (nSPS) is 16.6. The van der Waals surface area contributed by atoms with Gasteiger partial charge in [0.15, 0.2) is 9.84 Å². The van der Waals surface area contributed by atoms with Gasteiger partial charge in [0, 0.05) is 6.26 Å². The fourth-order valence-corrected chi connectivity index (χ4v) is 3.61. The SMILES string of the molecule is CS(=O)(=O)c1ccc(C(=O)N[C@@H](CC2CC2)C(=O)O)s1. The maximum atomic E-state index is 11.9. The first-order valence-corrected chi connectivity index (χ1v) is 8.81. The number of rotatable bonds is 6. The molecule has 1 atom stereocenters. The molecule has 8 heteroatoms. The molecule has 1 aliphatic rings. The van der Waals surface area contributed by atoms with Crippen molar-refractivity contribution in [2.45, 2.75) is 29.5 Å². The van der Waals surface area contributed by atoms with Crippen LogP contribution in [0.2, 0.25) is 0 Å². The van der Waals surface area contributed by atoms with Gasteiger partial charge in [-0.3, -0.25) is 4.79 Å². The van der Waals surface area contributed by atoms with Crippen LogP contribution in [-0.2, 0) is 14.6 Å². The van der Waals surface area contributed by atoms with Crippen LogP contribution < -0.4 is 5.32 Å². The molecule has 6 nitrogen and oxygen atoms in total. The second-order valence-electron chi connectivity index (χ2n) is 4.93. The number of thiophene rings is 1. The summed E-state index contributed by atoms with van der Waals surface area (Å²) in [6.45, 7) is 0. The number of carboxylic acids is 1. The molecule has 0 unspecified atom stereocenters. The molecule has 0 saturated heterocycles. The van der Waals surface area contributed by atoms with Crippen molar-refractivity contribution in [3.05, 3.63) is 17.0 Å². The lowest BCUT2D eigenvalue weighted by Crippen LogP contribution is -2.40. The van der Waals surface area contributed by atoms with Gasteiger partial charge in [-0.1, -0.05) is 12.8 Å². The molecule has 0 spiro atoms. The number of carboxylic acid groups (broad SMARTS) is 1. The highest BCUT2D eigenvalue weighted by Crippen LogP contribution is 2.33. The molecule has 110 valence electrons. The fraction of sp³-hybridized carbons (Fsp3) is 0.500. The summed E-state index contributed by atoms with van der Waals surface area (Å²) in [6.07, 6.45) is 3.48. The number of amides is 1. The molecular weight excluding hydrogens is 302 g/mol. The van der Waals surface area contributed by atoms with Gasteiger partial charge in [-0.05, 0) is 24.5 Å². The number of hydrogen-bond acceptors (Lipinski definition) is 5. The van der Waals surface area contributed by atoms with E-state index in [2.05, 4.69) is 5.32 Å². The quantitative estimate of drug-likeness (QED) is 0.819. The van der Waals surface area contributed by atoms with E-state index >= 15 is 0 Å². The standard InChI is InChI=1S/C12H15NO5S2/c1-20(17,18)10-5-4-9(19-10)11(14)13-8(12(15)16)6-7-2-3-7/h4-5,7-8H,2-3,6H2,1H3,(H,13,14)(H,15,16)/t8-/m0/s1. The molecule has 2 rings (SSSR count). The van der Waals surface area contributed by atoms with Crippen molar-refractivity contribution < 1.29 is 23.1 Å². The van der Waals surface area contributed by atoms with E-state index in [4.69, 9.17) is 5.11 Å². The Morgan fingerprint density at radius 1 is 1.45 bits per heavy atom. The molecule has 0 bridgehead atoms. The molecular formula is C12H15NO5S2. The predicted molar refractivity (Wildman–Crippen MR) is 73.7 cm³/mol. The van der Waals surface area contributed by atoms with Crippen LogP contribution >= 0.6 is 11.3 Å². The second-order valence-corrected chi connectivity index (χ2v) is 8.26. The first-order chi connectivity index (χ1) is 9.27. The average Bonchev–Trinajstić information content (AvgIpc) is 2.99. The first kappa shape index (κ1) is 15.0. The zero-order valence-corrected chi connectivity index (χ0v) is 12.5. The van der Waals surface area contributed by atoms with E-state index in [-0.39, 0.29) is 9.09 Å². The highest BCUT2D eigenvalue weighted by molar-refractivity contribution is 7.92. The van der Waals surface area contributed by atoms with Gasteiger partial charge in [-0.25, -0.2) is 13.2 Å². The molecule has 20 heavy (non-hydrogen) atoms. The molecule has 2 N–H and O–H groups in total. The largest absolute Gasteiger partial charge is 0.480 e. The third-order valence-electron chi connectivity index (χ3n) is 3.04. The zero-order valence-electron chi connectivity index (χ0n) is 10.8. The van der Waals surface area contributed by atoms with Gasteiger partial charge in [0.2, 0.25) is 0 Å². The van der Waals surface area contributed by atoms with Gasteiger partial charge < -0.3 is 10.4 Å². The molecule has 0 radical (unpaired) electrons. The summed E-state index contributed by atoms with van der Waals surface area (Å²) in [5.74, 6) is -1.24. The minimum atomic E-state index is -3.35. The molecule has 1 saturated carbocycles. The average molecular weight is 317 g/mol. The highest BCUT2D eigenvalue weighted by Gasteiger charge is 2.30. The molecule has 1 fully saturated rings. The van der Waals surface area contributed by atoms with E-state index in [1.54, 1.807) is 0 Å². The minimum absolute atomic E-state index is 0.0942. The summed E-state index contributed by atoms with van der Waals surface area (Å²) >= 11 is 0.843. The molecule has 0 aliphatic heterocycles. The van der Waals surface area contributed by atoms with Crippen LogP contribution in [0.15, 0.2) is 16.3 Å². The smallest absolute Gasteiger partial charge is 0.326 e. The van der Waals surface area contributed by atoms with E-state index < -0.39 is 27.8 Å². The summed E-state index contributed by atoms with van der Waals surface area (Å²) in [5.41, 5.74) is 0. The maximum absolute atomic E-state index is 11.9. The van der Waals surface area contributed by atoms with E-state index in [0.29, 0.717) is 12.3 Å². The number of carbonyl (C=O) groups excluding carboxylic acids is 1. The van der Waals surface area contributed by atoms with Gasteiger partial charge in [0.1, 0.15) is 10.3 Å². The summed E-state index contributed by atoms with van der Waals surface area (Å²) in [7, 11) is -3.35. The Bertz CT molecular complexity index is 630. The van der Waals surface area contributed by atoms with Crippen molar-refractivity contribution in [2.24, 2.45) is 5.92 Å². The van der Waals surface area contributed by atoms with E-state index in [1.807, 2.05) is 0 Å². The van der Waals surface area contributed by atoms with Crippen LogP contribution in [-0.4, -0.2) is 37.7 Å². The van der Waals surface area contributed by atoms with Crippen molar-refractivity contribution in [3.63, 3.8) is 0 Å². The summed E-state index contributed by atoms with van der Waals surface area (Å²) in [6, 6.07) is 1.83. The van der Waals surface area contributed by atoms with Crippen LogP contribution in [0.3, 0.4) is 0 Å². The lowest BCUT2D eigenvalue weighted by atomic mass is 10.1. The predicted octanol–water partition coefficient (Wildman–Crippen LogP) is 1.13. The van der Waals surface area contributed by atoms with Crippen molar-refractivity contribution in [2.75, 3.05) is 6.26 Å². The van der Waals surface area contributed by atoms with Crippen LogP contribution in [0.4, 0.5) is 0 Å². The molecule has 0 aromatic carbocycles. The molecule has 1 aromatic heterocycles. The van der Waals surface area contributed by atoms with E-state index in [0.717, 1.165) is 30.4 Å². The van der Waals surface area contributed by atoms with E-state index in [1.165, 1.54) is 12.1 Å². The van der Waals surface area contributed by atoms with Gasteiger partial charge >= 0.3 is 5.97 Å². The Hall–Kier alpha value is -1.41. The number of nitrogens with one attached hydrogen (secondary N) is 1. The lowest BCUT2D eigenvalue weighted by molar-refractivity contribution is -0.139. The third kappa shape index (κ3) is 3.80. The molecule has 1 heterocycles. The Morgan fingerprint density at radius 2 is 2.10 bits per heavy atom. The number of aliphatic carboxylic acids is 1. The Morgan fingerprint density at radius 3 is 2.55 bits per heavy atom. The van der Waals surface area contributed by atoms with Crippen molar-refractivity contribution in [1.82, 2.24) is 5.32 Å². The minimum Gasteiger partial charge on any atom is -0.480 e. The molecule has 1 amide bonds. The number of hydrogen-bond donors (Lipinski definition) is 2. The Labute approximate surface area is 120 Å². The molecule has 1 aliphatic carbocycles. The van der Waals surface area contributed by atoms with Gasteiger partial charge in [-0.15, -0.1) is 11.3 Å². The highest BCUT2D eigenvalue weighted by atomic mass is 32.2. The van der Waals surface area contributed by atoms with Crippen LogP contribution in [0.5, 0.6) is 0 Å². The van der Waals surface area contributed by atoms with Gasteiger partial charge in [0.25, 0.3) is 5.91 Å². The van der Waals surface area contributed by atoms with Crippen LogP contribution in [0.1, 0.15) is 28.9 Å². The Balaban J connectivity index is 2.06. The zero-order chi connectivity index (χ0) is 14.9. The summed E-state index contributed by atoms with van der Waals surface area (Å²) in [5, 5.41) is 11.5. The van der Waals surface area contributed by atoms with Crippen molar-refractivity contribution in [1.29, 1.82) is 0 Å². The summed E-state index contributed by atoms with van der Waals surface area (Å²) in [4.78, 5) is 23.2. The number of carbonyl (C=O) groups is 2. The third-order valence-corrected chi connectivity index (χ3v) is 5.94. The van der Waals surface area contributed by atoms with Crippen molar-refractivity contribution >= 4 is 33.1 Å². The van der Waals surface area contributed by atoms with Crippen molar-refractivity contribution in [3.8, 4) is 0 Å². The van der Waals surface area contributed by atoms with Gasteiger partial charge in [-0.2, -0.15) is 0 Å². The first-order valence-electron chi connectivity index (χ1n) is 6.11. The topological polar surface area (TPSA) is 101 Å². The maximum Gasteiger partial charge on any atom is 0.326 e. The fourth-order valence-electron chi connectivity index (χ4n) is 1.78. The Kier molecular flexibility index (Phi) is 4.14. The number of sulfone groups is 1. The van der Waals surface area contributed by atoms with Crippen LogP contribution in [0, 0.1) is 5.92 Å². The van der Waals surface area contributed by atoms with Crippen LogP contribution in [0.25, 0.3) is 0 Å². The van der Waals surface area contributed by atoms with Gasteiger partial charge in [0.05, 0.1) is 4.88 Å². The summed E-state index contributed by atoms with van der Waals surface area (Å²) < 4.78 is 22.8. The monoisotopic (exact) mass is 317 g/mol.